The maximum Gasteiger partial charge on any atom is 0.345 e. The van der Waals surface area contributed by atoms with Crippen molar-refractivity contribution in [3.63, 3.8) is 0 Å². The fraction of sp³-hybridized carbons (Fsp3) is 0.176. The standard InChI is InChI=1S/C17H14Cl2N2O5/c18-12-3-1-11(2-4-12)7-8-20-16(22)10-26-17(23)14-6-5-13(19)9-15(14)21(24)25/h1-6,9H,7-8,10H2,(H,20,22). The third kappa shape index (κ3) is 5.72. The molecule has 0 heterocycles. The monoisotopic (exact) mass is 396 g/mol. The van der Waals surface area contributed by atoms with Crippen molar-refractivity contribution in [3.05, 3.63) is 73.8 Å². The summed E-state index contributed by atoms with van der Waals surface area (Å²) in [5.74, 6) is -1.48. The van der Waals surface area contributed by atoms with Crippen LogP contribution in [0.15, 0.2) is 42.5 Å². The van der Waals surface area contributed by atoms with E-state index in [9.17, 15) is 19.7 Å². The third-order valence-electron chi connectivity index (χ3n) is 3.36. The van der Waals surface area contributed by atoms with Crippen molar-refractivity contribution >= 4 is 40.8 Å². The first kappa shape index (κ1) is 19.7. The lowest BCUT2D eigenvalue weighted by Gasteiger charge is -2.07. The number of ether oxygens (including phenoxy) is 1. The summed E-state index contributed by atoms with van der Waals surface area (Å²) in [4.78, 5) is 33.9. The number of hydrogen-bond donors (Lipinski definition) is 1. The van der Waals surface area contributed by atoms with E-state index in [1.165, 1.54) is 12.1 Å². The zero-order chi connectivity index (χ0) is 19.1. The first-order chi connectivity index (χ1) is 12.4. The maximum atomic E-state index is 12.0. The summed E-state index contributed by atoms with van der Waals surface area (Å²) in [7, 11) is 0. The summed E-state index contributed by atoms with van der Waals surface area (Å²) in [6.07, 6.45) is 0.583. The molecule has 2 aromatic carbocycles. The van der Waals surface area contributed by atoms with Gasteiger partial charge >= 0.3 is 5.97 Å². The number of nitro benzene ring substituents is 1. The number of rotatable bonds is 7. The Labute approximate surface area is 159 Å². The molecule has 0 radical (unpaired) electrons. The zero-order valence-corrected chi connectivity index (χ0v) is 14.9. The number of nitrogens with one attached hydrogen (secondary N) is 1. The van der Waals surface area contributed by atoms with Gasteiger partial charge < -0.3 is 10.1 Å². The fourth-order valence-corrected chi connectivity index (χ4v) is 2.38. The Bertz CT molecular complexity index is 824. The predicted octanol–water partition coefficient (Wildman–Crippen LogP) is 3.42. The van der Waals surface area contributed by atoms with Crippen LogP contribution in [0, 0.1) is 10.1 Å². The molecule has 0 saturated heterocycles. The smallest absolute Gasteiger partial charge is 0.345 e. The van der Waals surface area contributed by atoms with Crippen molar-refractivity contribution < 1.29 is 19.2 Å². The summed E-state index contributed by atoms with van der Waals surface area (Å²) in [6, 6.07) is 10.7. The van der Waals surface area contributed by atoms with Crippen molar-refractivity contribution in [1.82, 2.24) is 5.32 Å². The van der Waals surface area contributed by atoms with Crippen LogP contribution in [0.2, 0.25) is 10.0 Å². The molecule has 0 aliphatic rings. The average Bonchev–Trinajstić information content (AvgIpc) is 2.61. The van der Waals surface area contributed by atoms with Crippen molar-refractivity contribution in [2.75, 3.05) is 13.2 Å². The lowest BCUT2D eigenvalue weighted by atomic mass is 10.1. The number of hydrogen-bond acceptors (Lipinski definition) is 5. The summed E-state index contributed by atoms with van der Waals surface area (Å²) >= 11 is 11.5. The minimum Gasteiger partial charge on any atom is -0.452 e. The number of benzene rings is 2. The average molecular weight is 397 g/mol. The number of carbonyl (C=O) groups excluding carboxylic acids is 2. The van der Waals surface area contributed by atoms with Crippen LogP contribution in [0.3, 0.4) is 0 Å². The van der Waals surface area contributed by atoms with Crippen LogP contribution >= 0.6 is 23.2 Å². The number of esters is 1. The van der Waals surface area contributed by atoms with E-state index in [2.05, 4.69) is 5.32 Å². The van der Waals surface area contributed by atoms with Gasteiger partial charge in [0.25, 0.3) is 11.6 Å². The highest BCUT2D eigenvalue weighted by molar-refractivity contribution is 6.31. The van der Waals surface area contributed by atoms with Gasteiger partial charge in [0.15, 0.2) is 6.61 Å². The van der Waals surface area contributed by atoms with Crippen molar-refractivity contribution in [2.45, 2.75) is 6.42 Å². The number of halogens is 2. The van der Waals surface area contributed by atoms with Gasteiger partial charge in [-0.05, 0) is 36.2 Å². The highest BCUT2D eigenvalue weighted by Gasteiger charge is 2.22. The molecule has 0 aliphatic carbocycles. The fourth-order valence-electron chi connectivity index (χ4n) is 2.09. The van der Waals surface area contributed by atoms with Crippen molar-refractivity contribution in [2.24, 2.45) is 0 Å². The van der Waals surface area contributed by atoms with Crippen molar-refractivity contribution in [1.29, 1.82) is 0 Å². The summed E-state index contributed by atoms with van der Waals surface area (Å²) in [5.41, 5.74) is 0.238. The normalized spacial score (nSPS) is 10.2. The molecule has 1 N–H and O–H groups in total. The van der Waals surface area contributed by atoms with E-state index in [0.29, 0.717) is 18.0 Å². The molecule has 0 aliphatic heterocycles. The molecule has 7 nitrogen and oxygen atoms in total. The largest absolute Gasteiger partial charge is 0.452 e. The van der Waals surface area contributed by atoms with Gasteiger partial charge in [-0.15, -0.1) is 0 Å². The molecular formula is C17H14Cl2N2O5. The molecule has 0 bridgehead atoms. The van der Waals surface area contributed by atoms with Gasteiger partial charge in [0.05, 0.1) is 4.92 Å². The SMILES string of the molecule is O=C(COC(=O)c1ccc(Cl)cc1[N+](=O)[O-])NCCc1ccc(Cl)cc1. The molecular weight excluding hydrogens is 383 g/mol. The van der Waals surface area contributed by atoms with Gasteiger partial charge in [-0.2, -0.15) is 0 Å². The van der Waals surface area contributed by atoms with E-state index in [1.807, 2.05) is 12.1 Å². The lowest BCUT2D eigenvalue weighted by Crippen LogP contribution is -2.30. The maximum absolute atomic E-state index is 12.0. The van der Waals surface area contributed by atoms with Gasteiger partial charge in [-0.25, -0.2) is 4.79 Å². The van der Waals surface area contributed by atoms with Crippen LogP contribution in [0.25, 0.3) is 0 Å². The topological polar surface area (TPSA) is 98.5 Å². The number of nitrogens with zero attached hydrogens (tertiary/aromatic N) is 1. The highest BCUT2D eigenvalue weighted by atomic mass is 35.5. The lowest BCUT2D eigenvalue weighted by molar-refractivity contribution is -0.385. The molecule has 0 fully saturated rings. The van der Waals surface area contributed by atoms with E-state index in [1.54, 1.807) is 12.1 Å². The Balaban J connectivity index is 1.82. The molecule has 9 heteroatoms. The van der Waals surface area contributed by atoms with Gasteiger partial charge in [0, 0.05) is 22.7 Å². The second-order valence-corrected chi connectivity index (χ2v) is 6.09. The molecule has 0 saturated carbocycles. The van der Waals surface area contributed by atoms with E-state index < -0.39 is 29.1 Å². The van der Waals surface area contributed by atoms with E-state index in [0.717, 1.165) is 11.6 Å². The van der Waals surface area contributed by atoms with Crippen LogP contribution in [0.4, 0.5) is 5.69 Å². The molecule has 0 aromatic heterocycles. The number of amides is 1. The number of carbonyl (C=O) groups is 2. The Morgan fingerprint density at radius 1 is 1.08 bits per heavy atom. The molecule has 0 spiro atoms. The van der Waals surface area contributed by atoms with E-state index >= 15 is 0 Å². The molecule has 2 aromatic rings. The highest BCUT2D eigenvalue weighted by Crippen LogP contribution is 2.23. The summed E-state index contributed by atoms with van der Waals surface area (Å²) < 4.78 is 4.82. The zero-order valence-electron chi connectivity index (χ0n) is 13.4. The molecule has 0 unspecified atom stereocenters. The Hall–Kier alpha value is -2.64. The molecule has 1 amide bonds. The summed E-state index contributed by atoms with van der Waals surface area (Å²) in [6.45, 7) is -0.196. The first-order valence-electron chi connectivity index (χ1n) is 7.49. The van der Waals surface area contributed by atoms with Crippen LogP contribution < -0.4 is 5.32 Å². The minimum atomic E-state index is -0.971. The quantitative estimate of drug-likeness (QED) is 0.439. The Kier molecular flexibility index (Phi) is 6.94. The van der Waals surface area contributed by atoms with Gasteiger partial charge in [0.1, 0.15) is 5.56 Å². The molecule has 26 heavy (non-hydrogen) atoms. The van der Waals surface area contributed by atoms with E-state index in [-0.39, 0.29) is 10.6 Å². The predicted molar refractivity (Wildman–Crippen MR) is 96.6 cm³/mol. The molecule has 2 rings (SSSR count). The Morgan fingerprint density at radius 3 is 2.38 bits per heavy atom. The van der Waals surface area contributed by atoms with Crippen LogP contribution in [-0.2, 0) is 16.0 Å². The van der Waals surface area contributed by atoms with Gasteiger partial charge in [-0.1, -0.05) is 35.3 Å². The van der Waals surface area contributed by atoms with Gasteiger partial charge in [0.2, 0.25) is 0 Å². The molecule has 0 atom stereocenters. The number of nitro groups is 1. The second kappa shape index (κ2) is 9.17. The van der Waals surface area contributed by atoms with Crippen LogP contribution in [0.5, 0.6) is 0 Å². The first-order valence-corrected chi connectivity index (χ1v) is 8.24. The third-order valence-corrected chi connectivity index (χ3v) is 3.85. The second-order valence-electron chi connectivity index (χ2n) is 5.22. The minimum absolute atomic E-state index is 0.119. The summed E-state index contributed by atoms with van der Waals surface area (Å²) in [5, 5.41) is 14.3. The Morgan fingerprint density at radius 2 is 1.73 bits per heavy atom. The van der Waals surface area contributed by atoms with Gasteiger partial charge in [-0.3, -0.25) is 14.9 Å². The van der Waals surface area contributed by atoms with Crippen LogP contribution in [0.1, 0.15) is 15.9 Å². The molecule has 136 valence electrons. The van der Waals surface area contributed by atoms with Crippen LogP contribution in [-0.4, -0.2) is 30.0 Å². The van der Waals surface area contributed by atoms with Crippen molar-refractivity contribution in [3.8, 4) is 0 Å². The van der Waals surface area contributed by atoms with E-state index in [4.69, 9.17) is 27.9 Å².